The van der Waals surface area contributed by atoms with E-state index in [-0.39, 0.29) is 35.8 Å². The number of carbonyl (C=O) groups is 6. The first kappa shape index (κ1) is 45.2. The van der Waals surface area contributed by atoms with Gasteiger partial charge in [0, 0.05) is 32.1 Å². The van der Waals surface area contributed by atoms with Crippen LogP contribution in [-0.4, -0.2) is 118 Å². The maximum absolute atomic E-state index is 15.4. The molecule has 11 atom stereocenters. The van der Waals surface area contributed by atoms with Crippen LogP contribution in [0.2, 0.25) is 0 Å². The van der Waals surface area contributed by atoms with E-state index in [1.54, 1.807) is 45.9 Å². The maximum atomic E-state index is 15.4. The minimum absolute atomic E-state index is 0.0134. The highest BCUT2D eigenvalue weighted by Crippen LogP contribution is 2.64. The second-order valence-corrected chi connectivity index (χ2v) is 18.2. The number of rotatable bonds is 10. The van der Waals surface area contributed by atoms with Crippen molar-refractivity contribution < 1.29 is 72.5 Å². The predicted molar refractivity (Wildman–Crippen MR) is 210 cm³/mol. The number of hydrogen-bond acceptors (Lipinski definition) is 15. The highest BCUT2D eigenvalue weighted by Gasteiger charge is 2.78. The Morgan fingerprint density at radius 2 is 1.57 bits per heavy atom. The molecule has 5 aliphatic rings. The lowest BCUT2D eigenvalue weighted by Crippen LogP contribution is -2.82. The molecule has 1 aromatic carbocycles. The molecule has 1 amide bonds. The molecular formula is C44H59NO15. The van der Waals surface area contributed by atoms with E-state index >= 15 is 4.79 Å². The second-order valence-electron chi connectivity index (χ2n) is 18.2. The van der Waals surface area contributed by atoms with E-state index in [4.69, 9.17) is 28.4 Å². The number of Topliss-reactive ketones (excluding diaryl/α,β-unsaturated/α-hetero) is 1. The lowest BCUT2D eigenvalue weighted by molar-refractivity contribution is -0.346. The summed E-state index contributed by atoms with van der Waals surface area (Å²) in [6.45, 7) is 11.4. The number of nitrogens with one attached hydrogen (secondary N) is 1. The second kappa shape index (κ2) is 16.8. The molecule has 4 N–H and O–H groups in total. The number of esters is 4. The fourth-order valence-corrected chi connectivity index (χ4v) is 10.5. The van der Waals surface area contributed by atoms with Gasteiger partial charge in [0.05, 0.1) is 35.6 Å². The molecule has 1 unspecified atom stereocenters. The number of carbonyl (C=O) groups excluding carboxylic acids is 6. The van der Waals surface area contributed by atoms with E-state index in [1.807, 2.05) is 0 Å². The van der Waals surface area contributed by atoms with E-state index in [1.165, 1.54) is 26.0 Å². The van der Waals surface area contributed by atoms with Crippen molar-refractivity contribution >= 4 is 35.8 Å². The zero-order valence-corrected chi connectivity index (χ0v) is 35.6. The van der Waals surface area contributed by atoms with Crippen molar-refractivity contribution in [3.05, 3.63) is 47.0 Å². The van der Waals surface area contributed by atoms with Gasteiger partial charge in [0.25, 0.3) is 0 Å². The van der Waals surface area contributed by atoms with Gasteiger partial charge >= 0.3 is 30.0 Å². The van der Waals surface area contributed by atoms with Crippen LogP contribution in [0, 0.1) is 22.7 Å². The lowest BCUT2D eigenvalue weighted by Gasteiger charge is -2.67. The van der Waals surface area contributed by atoms with Crippen molar-refractivity contribution in [1.82, 2.24) is 5.32 Å². The number of ether oxygens (including phenoxy) is 6. The van der Waals surface area contributed by atoms with Gasteiger partial charge in [0.1, 0.15) is 30.0 Å². The van der Waals surface area contributed by atoms with Gasteiger partial charge in [-0.1, -0.05) is 52.3 Å². The third kappa shape index (κ3) is 7.73. The molecule has 16 nitrogen and oxygen atoms in total. The summed E-state index contributed by atoms with van der Waals surface area (Å²) in [4.78, 5) is 82.5. The van der Waals surface area contributed by atoms with Crippen LogP contribution in [0.3, 0.4) is 0 Å². The van der Waals surface area contributed by atoms with Gasteiger partial charge in [-0.3, -0.25) is 14.4 Å². The Morgan fingerprint density at radius 1 is 0.917 bits per heavy atom. The summed E-state index contributed by atoms with van der Waals surface area (Å²) in [6, 6.07) is 6.69. The quantitative estimate of drug-likeness (QED) is 0.150. The molecule has 16 heteroatoms. The first-order chi connectivity index (χ1) is 28.1. The summed E-state index contributed by atoms with van der Waals surface area (Å²) in [5.41, 5.74) is -7.51. The third-order valence-electron chi connectivity index (χ3n) is 13.9. The zero-order chi connectivity index (χ0) is 44.1. The number of hydrogen-bond donors (Lipinski definition) is 4. The summed E-state index contributed by atoms with van der Waals surface area (Å²) >= 11 is 0. The maximum Gasteiger partial charge on any atom is 0.407 e. The minimum atomic E-state index is -2.36. The SMILES string of the molecule is CC(=O)O[C@H]1C(=O)[C@@]2(C)[C@H]([C@H](OC(=O)c3ccccc3)[C@]3(O)CC(OC(=O)[C@H](O)[C@@H](NC(=O)OC4CCCCC4)C(C)C)C(C)=C1C3(C)C)[C@]1(OC(C)=O)CO[C@@H]1C[C@@H]2O. The average Bonchev–Trinajstić information content (AvgIpc) is 3.18. The minimum Gasteiger partial charge on any atom is -0.456 e. The van der Waals surface area contributed by atoms with Crippen molar-refractivity contribution in [3.8, 4) is 0 Å². The molecule has 1 heterocycles. The molecule has 4 aliphatic carbocycles. The van der Waals surface area contributed by atoms with E-state index in [0.717, 1.165) is 33.1 Å². The van der Waals surface area contributed by atoms with Gasteiger partial charge in [0.15, 0.2) is 23.6 Å². The first-order valence-electron chi connectivity index (χ1n) is 20.9. The summed E-state index contributed by atoms with van der Waals surface area (Å²) < 4.78 is 35.7. The smallest absolute Gasteiger partial charge is 0.407 e. The number of amides is 1. The van der Waals surface area contributed by atoms with Crippen LogP contribution in [-0.2, 0) is 47.6 Å². The van der Waals surface area contributed by atoms with Crippen molar-refractivity contribution in [1.29, 1.82) is 0 Å². The fraction of sp³-hybridized carbons (Fsp3) is 0.682. The number of alkyl carbamates (subject to hydrolysis) is 1. The summed E-state index contributed by atoms with van der Waals surface area (Å²) in [7, 11) is 0. The van der Waals surface area contributed by atoms with Crippen LogP contribution in [0.5, 0.6) is 0 Å². The normalized spacial score (nSPS) is 34.6. The van der Waals surface area contributed by atoms with Gasteiger partial charge in [-0.05, 0) is 68.7 Å². The first-order valence-corrected chi connectivity index (χ1v) is 20.9. The highest BCUT2D eigenvalue weighted by molar-refractivity contribution is 5.95. The van der Waals surface area contributed by atoms with Crippen LogP contribution in [0.25, 0.3) is 0 Å². The molecule has 330 valence electrons. The summed E-state index contributed by atoms with van der Waals surface area (Å²) in [5.74, 6) is -6.64. The predicted octanol–water partition coefficient (Wildman–Crippen LogP) is 3.65. The van der Waals surface area contributed by atoms with Crippen LogP contribution in [0.15, 0.2) is 41.5 Å². The Bertz CT molecular complexity index is 1890. The van der Waals surface area contributed by atoms with Gasteiger partial charge < -0.3 is 49.1 Å². The van der Waals surface area contributed by atoms with Gasteiger partial charge in [-0.25, -0.2) is 14.4 Å². The number of aliphatic hydroxyl groups is 3. The molecule has 2 bridgehead atoms. The molecule has 1 saturated heterocycles. The molecule has 3 saturated carbocycles. The molecule has 0 aromatic heterocycles. The Kier molecular flexibility index (Phi) is 12.7. The highest BCUT2D eigenvalue weighted by atomic mass is 16.6. The molecule has 1 aliphatic heterocycles. The fourth-order valence-electron chi connectivity index (χ4n) is 10.5. The largest absolute Gasteiger partial charge is 0.456 e. The molecule has 6 rings (SSSR count). The third-order valence-corrected chi connectivity index (χ3v) is 13.9. The van der Waals surface area contributed by atoms with Crippen LogP contribution in [0.1, 0.15) is 111 Å². The number of ketones is 1. The van der Waals surface area contributed by atoms with Crippen molar-refractivity contribution in [2.24, 2.45) is 22.7 Å². The number of benzene rings is 1. The van der Waals surface area contributed by atoms with Crippen LogP contribution >= 0.6 is 0 Å². The average molecular weight is 842 g/mol. The van der Waals surface area contributed by atoms with Crippen LogP contribution in [0.4, 0.5) is 4.79 Å². The lowest BCUT2D eigenvalue weighted by atomic mass is 9.44. The Balaban J connectivity index is 1.48. The molecule has 1 aromatic rings. The van der Waals surface area contributed by atoms with E-state index < -0.39 is 119 Å². The van der Waals surface area contributed by atoms with Crippen molar-refractivity contribution in [2.45, 2.75) is 160 Å². The Morgan fingerprint density at radius 3 is 2.13 bits per heavy atom. The molecule has 60 heavy (non-hydrogen) atoms. The number of fused-ring (bicyclic) bond motifs is 5. The monoisotopic (exact) mass is 841 g/mol. The Hall–Kier alpha value is -4.38. The van der Waals surface area contributed by atoms with Crippen molar-refractivity contribution in [3.63, 3.8) is 0 Å². The standard InChI is InChI=1S/C44H59NO15/c1-22(2)32(45-40(53)57-27-17-13-10-14-18-27)33(49)39(52)58-28-20-44(54)37(59-38(51)26-15-11-9-12-16-26)35-42(8,29(48)19-30-43(35,21-55-30)60-25(5)47)36(50)34(56-24(4)46)31(23(28)3)41(44,6)7/h9,11-12,15-16,22,27-30,32-35,37,48-49,54H,10,13-14,17-21H2,1-8H3,(H,45,53)/t28?,29-,30+,32-,33+,34+,35-,37-,42+,43-,44+/m0/s1. The van der Waals surface area contributed by atoms with Gasteiger partial charge in [-0.15, -0.1) is 0 Å². The van der Waals surface area contributed by atoms with Gasteiger partial charge in [0.2, 0.25) is 0 Å². The van der Waals surface area contributed by atoms with Crippen molar-refractivity contribution in [2.75, 3.05) is 6.61 Å². The van der Waals surface area contributed by atoms with E-state index in [0.29, 0.717) is 12.8 Å². The van der Waals surface area contributed by atoms with Gasteiger partial charge in [-0.2, -0.15) is 0 Å². The molecule has 0 spiro atoms. The summed E-state index contributed by atoms with van der Waals surface area (Å²) in [5, 5.41) is 39.7. The Labute approximate surface area is 349 Å². The van der Waals surface area contributed by atoms with E-state index in [9.17, 15) is 39.3 Å². The zero-order valence-electron chi connectivity index (χ0n) is 35.6. The molecule has 0 radical (unpaired) electrons. The van der Waals surface area contributed by atoms with Crippen LogP contribution < -0.4 is 5.32 Å². The topological polar surface area (TPSA) is 231 Å². The summed E-state index contributed by atoms with van der Waals surface area (Å²) in [6.07, 6.45) is -7.10. The molecule has 4 fully saturated rings. The molecular weight excluding hydrogens is 782 g/mol. The van der Waals surface area contributed by atoms with E-state index in [2.05, 4.69) is 5.32 Å². The number of aliphatic hydroxyl groups excluding tert-OH is 2.